The molecule has 0 fully saturated rings. The Morgan fingerprint density at radius 1 is 1.00 bits per heavy atom. The normalized spacial score (nSPS) is 10.8. The van der Waals surface area contributed by atoms with Gasteiger partial charge in [0, 0.05) is 18.7 Å². The SMILES string of the molecule is Cc1ccc(C(=O)NCC(=O)OCC(=O)N(CC(C)C)CC(C)C)cc1C. The summed E-state index contributed by atoms with van der Waals surface area (Å²) >= 11 is 0. The van der Waals surface area contributed by atoms with Crippen LogP contribution >= 0.6 is 0 Å². The molecule has 0 aliphatic rings. The van der Waals surface area contributed by atoms with Crippen molar-refractivity contribution in [3.63, 3.8) is 0 Å². The van der Waals surface area contributed by atoms with E-state index in [9.17, 15) is 14.4 Å². The Labute approximate surface area is 162 Å². The van der Waals surface area contributed by atoms with Crippen LogP contribution in [-0.4, -0.2) is 48.9 Å². The topological polar surface area (TPSA) is 75.7 Å². The van der Waals surface area contributed by atoms with E-state index in [0.717, 1.165) is 11.1 Å². The first-order chi connectivity index (χ1) is 12.6. The third-order valence-corrected chi connectivity index (χ3v) is 4.04. The molecule has 0 atom stereocenters. The van der Waals surface area contributed by atoms with Crippen LogP contribution in [-0.2, 0) is 14.3 Å². The zero-order valence-corrected chi connectivity index (χ0v) is 17.3. The minimum Gasteiger partial charge on any atom is -0.454 e. The quantitative estimate of drug-likeness (QED) is 0.673. The number of hydrogen-bond donors (Lipinski definition) is 1. The average molecular weight is 376 g/mol. The van der Waals surface area contributed by atoms with Crippen molar-refractivity contribution in [2.75, 3.05) is 26.2 Å². The van der Waals surface area contributed by atoms with Gasteiger partial charge < -0.3 is 15.0 Å². The van der Waals surface area contributed by atoms with Crippen molar-refractivity contribution in [2.24, 2.45) is 11.8 Å². The molecule has 6 heteroatoms. The van der Waals surface area contributed by atoms with Crippen molar-refractivity contribution in [2.45, 2.75) is 41.5 Å². The summed E-state index contributed by atoms with van der Waals surface area (Å²) in [6, 6.07) is 5.34. The monoisotopic (exact) mass is 376 g/mol. The first kappa shape index (κ1) is 22.7. The molecule has 0 heterocycles. The molecule has 0 aromatic heterocycles. The van der Waals surface area contributed by atoms with Gasteiger partial charge in [0.15, 0.2) is 6.61 Å². The number of rotatable bonds is 9. The number of aryl methyl sites for hydroxylation is 2. The van der Waals surface area contributed by atoms with E-state index < -0.39 is 5.97 Å². The van der Waals surface area contributed by atoms with Gasteiger partial charge in [-0.15, -0.1) is 0 Å². The minimum absolute atomic E-state index is 0.216. The molecule has 1 aromatic carbocycles. The van der Waals surface area contributed by atoms with Crippen LogP contribution < -0.4 is 5.32 Å². The number of hydrogen-bond acceptors (Lipinski definition) is 4. The van der Waals surface area contributed by atoms with Crippen LogP contribution in [0.15, 0.2) is 18.2 Å². The number of carbonyl (C=O) groups excluding carboxylic acids is 3. The molecule has 0 saturated carbocycles. The number of benzene rings is 1. The third-order valence-electron chi connectivity index (χ3n) is 4.04. The number of nitrogens with one attached hydrogen (secondary N) is 1. The third kappa shape index (κ3) is 8.24. The standard InChI is InChI=1S/C21H32N2O4/c1-14(2)11-23(12-15(3)4)19(24)13-27-20(25)10-22-21(26)18-8-7-16(5)17(6)9-18/h7-9,14-15H,10-13H2,1-6H3,(H,22,26). The van der Waals surface area contributed by atoms with E-state index in [1.165, 1.54) is 0 Å². The maximum atomic E-state index is 12.3. The molecule has 0 unspecified atom stereocenters. The lowest BCUT2D eigenvalue weighted by Gasteiger charge is -2.26. The fourth-order valence-corrected chi connectivity index (χ4v) is 2.58. The van der Waals surface area contributed by atoms with Crippen molar-refractivity contribution in [3.05, 3.63) is 34.9 Å². The molecule has 0 aliphatic heterocycles. The highest BCUT2D eigenvalue weighted by Crippen LogP contribution is 2.09. The summed E-state index contributed by atoms with van der Waals surface area (Å²) in [5.74, 6) is -0.523. The van der Waals surface area contributed by atoms with Crippen LogP contribution in [0.2, 0.25) is 0 Å². The van der Waals surface area contributed by atoms with E-state index in [0.29, 0.717) is 30.5 Å². The highest BCUT2D eigenvalue weighted by molar-refractivity contribution is 5.96. The van der Waals surface area contributed by atoms with E-state index in [4.69, 9.17) is 4.74 Å². The van der Waals surface area contributed by atoms with Gasteiger partial charge in [-0.1, -0.05) is 33.8 Å². The molecule has 0 saturated heterocycles. The van der Waals surface area contributed by atoms with Gasteiger partial charge in [-0.2, -0.15) is 0 Å². The largest absolute Gasteiger partial charge is 0.454 e. The van der Waals surface area contributed by atoms with Crippen LogP contribution in [0.5, 0.6) is 0 Å². The average Bonchev–Trinajstić information content (AvgIpc) is 2.58. The molecular formula is C21H32N2O4. The summed E-state index contributed by atoms with van der Waals surface area (Å²) in [6.07, 6.45) is 0. The molecule has 1 rings (SSSR count). The molecule has 0 spiro atoms. The van der Waals surface area contributed by atoms with E-state index in [-0.39, 0.29) is 25.0 Å². The number of nitrogens with zero attached hydrogens (tertiary/aromatic N) is 1. The van der Waals surface area contributed by atoms with Gasteiger partial charge in [-0.25, -0.2) is 0 Å². The lowest BCUT2D eigenvalue weighted by Crippen LogP contribution is -2.40. The van der Waals surface area contributed by atoms with E-state index >= 15 is 0 Å². The molecule has 0 aliphatic carbocycles. The Bertz CT molecular complexity index is 658. The zero-order chi connectivity index (χ0) is 20.6. The molecular weight excluding hydrogens is 344 g/mol. The van der Waals surface area contributed by atoms with Crippen LogP contribution in [0.4, 0.5) is 0 Å². The maximum absolute atomic E-state index is 12.3. The Kier molecular flexibility index (Phi) is 8.98. The van der Waals surface area contributed by atoms with Gasteiger partial charge >= 0.3 is 5.97 Å². The first-order valence-corrected chi connectivity index (χ1v) is 9.39. The Morgan fingerprint density at radius 3 is 2.11 bits per heavy atom. The Balaban J connectivity index is 2.47. The van der Waals surface area contributed by atoms with Gasteiger partial charge in [0.2, 0.25) is 0 Å². The summed E-state index contributed by atoms with van der Waals surface area (Å²) in [4.78, 5) is 38.0. The molecule has 0 radical (unpaired) electrons. The lowest BCUT2D eigenvalue weighted by atomic mass is 10.1. The van der Waals surface area contributed by atoms with Crippen molar-refractivity contribution in [1.29, 1.82) is 0 Å². The smallest absolute Gasteiger partial charge is 0.325 e. The van der Waals surface area contributed by atoms with Crippen molar-refractivity contribution in [1.82, 2.24) is 10.2 Å². The maximum Gasteiger partial charge on any atom is 0.325 e. The predicted octanol–water partition coefficient (Wildman–Crippen LogP) is 2.72. The number of amides is 2. The second-order valence-electron chi connectivity index (χ2n) is 7.73. The summed E-state index contributed by atoms with van der Waals surface area (Å²) in [7, 11) is 0. The Morgan fingerprint density at radius 2 is 1.59 bits per heavy atom. The van der Waals surface area contributed by atoms with Gasteiger partial charge in [0.25, 0.3) is 11.8 Å². The molecule has 0 bridgehead atoms. The summed E-state index contributed by atoms with van der Waals surface area (Å²) in [5.41, 5.74) is 2.59. The highest BCUT2D eigenvalue weighted by Gasteiger charge is 2.18. The number of esters is 1. The summed E-state index contributed by atoms with van der Waals surface area (Å²) < 4.78 is 5.03. The van der Waals surface area contributed by atoms with Crippen LogP contribution in [0.25, 0.3) is 0 Å². The van der Waals surface area contributed by atoms with E-state index in [1.807, 2.05) is 47.6 Å². The van der Waals surface area contributed by atoms with Crippen LogP contribution in [0, 0.1) is 25.7 Å². The number of ether oxygens (including phenoxy) is 1. The number of carbonyl (C=O) groups is 3. The van der Waals surface area contributed by atoms with Gasteiger partial charge in [0.1, 0.15) is 6.54 Å². The molecule has 1 aromatic rings. The molecule has 2 amide bonds. The van der Waals surface area contributed by atoms with Gasteiger partial charge in [-0.3, -0.25) is 14.4 Å². The van der Waals surface area contributed by atoms with Crippen LogP contribution in [0.1, 0.15) is 49.2 Å². The van der Waals surface area contributed by atoms with Gasteiger partial charge in [0.05, 0.1) is 0 Å². The van der Waals surface area contributed by atoms with Crippen LogP contribution in [0.3, 0.4) is 0 Å². The minimum atomic E-state index is -0.630. The first-order valence-electron chi connectivity index (χ1n) is 9.39. The summed E-state index contributed by atoms with van der Waals surface area (Å²) in [6.45, 7) is 12.7. The van der Waals surface area contributed by atoms with E-state index in [1.54, 1.807) is 17.0 Å². The highest BCUT2D eigenvalue weighted by atomic mass is 16.5. The van der Waals surface area contributed by atoms with Crippen molar-refractivity contribution < 1.29 is 19.1 Å². The zero-order valence-electron chi connectivity index (χ0n) is 17.3. The fraction of sp³-hybridized carbons (Fsp3) is 0.571. The Hall–Kier alpha value is -2.37. The fourth-order valence-electron chi connectivity index (χ4n) is 2.58. The predicted molar refractivity (Wildman–Crippen MR) is 105 cm³/mol. The lowest BCUT2D eigenvalue weighted by molar-refractivity contribution is -0.151. The van der Waals surface area contributed by atoms with Crippen molar-refractivity contribution in [3.8, 4) is 0 Å². The molecule has 150 valence electrons. The van der Waals surface area contributed by atoms with Crippen molar-refractivity contribution >= 4 is 17.8 Å². The van der Waals surface area contributed by atoms with E-state index in [2.05, 4.69) is 5.32 Å². The second-order valence-corrected chi connectivity index (χ2v) is 7.73. The molecule has 6 nitrogen and oxygen atoms in total. The molecule has 1 N–H and O–H groups in total. The van der Waals surface area contributed by atoms with Gasteiger partial charge in [-0.05, 0) is 48.9 Å². The molecule has 27 heavy (non-hydrogen) atoms. The summed E-state index contributed by atoms with van der Waals surface area (Å²) in [5, 5.41) is 2.52. The second kappa shape index (κ2) is 10.7.